The molecule has 0 amide bonds. The number of benzene rings is 1. The maximum absolute atomic E-state index is 12.2. The highest BCUT2D eigenvalue weighted by Gasteiger charge is 2.21. The summed E-state index contributed by atoms with van der Waals surface area (Å²) in [6, 6.07) is 4.17. The lowest BCUT2D eigenvalue weighted by atomic mass is 10.2. The van der Waals surface area contributed by atoms with Gasteiger partial charge in [0.2, 0.25) is 0 Å². The number of rotatable bonds is 4. The molecule has 0 fully saturated rings. The van der Waals surface area contributed by atoms with Crippen molar-refractivity contribution in [2.45, 2.75) is 11.8 Å². The van der Waals surface area contributed by atoms with Crippen molar-refractivity contribution >= 4 is 44.9 Å². The van der Waals surface area contributed by atoms with E-state index in [9.17, 15) is 13.2 Å². The number of aromatic nitrogens is 1. The van der Waals surface area contributed by atoms with E-state index in [1.54, 1.807) is 13.0 Å². The highest BCUT2D eigenvalue weighted by atomic mass is 35.5. The molecule has 3 N–H and O–H groups in total. The molecule has 0 aliphatic carbocycles. The quantitative estimate of drug-likeness (QED) is 0.790. The summed E-state index contributed by atoms with van der Waals surface area (Å²) in [5.74, 6) is -1.26. The lowest BCUT2D eigenvalue weighted by Gasteiger charge is -2.11. The first-order valence-electron chi connectivity index (χ1n) is 5.61. The minimum Gasteiger partial charge on any atom is -0.477 e. The van der Waals surface area contributed by atoms with E-state index < -0.39 is 16.0 Å². The molecule has 0 aliphatic rings. The van der Waals surface area contributed by atoms with E-state index in [0.29, 0.717) is 5.56 Å². The summed E-state index contributed by atoms with van der Waals surface area (Å²) >= 11 is 12.0. The van der Waals surface area contributed by atoms with Crippen LogP contribution in [0, 0.1) is 6.92 Å². The number of aromatic amines is 1. The van der Waals surface area contributed by atoms with Crippen LogP contribution in [0.1, 0.15) is 16.1 Å². The second kappa shape index (κ2) is 5.59. The first kappa shape index (κ1) is 15.7. The van der Waals surface area contributed by atoms with E-state index in [0.717, 1.165) is 12.3 Å². The van der Waals surface area contributed by atoms with Gasteiger partial charge in [-0.1, -0.05) is 29.3 Å². The Morgan fingerprint density at radius 2 is 2.00 bits per heavy atom. The molecular weight excluding hydrogens is 339 g/mol. The first-order valence-corrected chi connectivity index (χ1v) is 7.85. The van der Waals surface area contributed by atoms with Gasteiger partial charge in [-0.05, 0) is 24.6 Å². The van der Waals surface area contributed by atoms with Crippen LogP contribution in [0.15, 0.2) is 29.3 Å². The van der Waals surface area contributed by atoms with E-state index in [1.807, 2.05) is 0 Å². The zero-order chi connectivity index (χ0) is 15.8. The van der Waals surface area contributed by atoms with E-state index >= 15 is 0 Å². The summed E-state index contributed by atoms with van der Waals surface area (Å²) in [5.41, 5.74) is 0.465. The number of halogens is 2. The van der Waals surface area contributed by atoms with Crippen LogP contribution in [-0.4, -0.2) is 24.5 Å². The number of H-pyrrole nitrogens is 1. The Balaban J connectivity index is 2.42. The smallest absolute Gasteiger partial charge is 0.352 e. The highest BCUT2D eigenvalue weighted by molar-refractivity contribution is 7.92. The van der Waals surface area contributed by atoms with Gasteiger partial charge in [0.05, 0.1) is 15.7 Å². The van der Waals surface area contributed by atoms with E-state index in [2.05, 4.69) is 9.71 Å². The monoisotopic (exact) mass is 348 g/mol. The summed E-state index contributed by atoms with van der Waals surface area (Å²) in [4.78, 5) is 12.9. The second-order valence-corrected chi connectivity index (χ2v) is 6.68. The third kappa shape index (κ3) is 3.15. The van der Waals surface area contributed by atoms with Gasteiger partial charge in [-0.2, -0.15) is 0 Å². The fourth-order valence-corrected chi connectivity index (χ4v) is 3.26. The molecule has 0 bridgehead atoms. The molecular formula is C12H10Cl2N2O4S. The molecule has 0 saturated carbocycles. The van der Waals surface area contributed by atoms with Crippen LogP contribution in [0.3, 0.4) is 0 Å². The maximum Gasteiger partial charge on any atom is 0.352 e. The van der Waals surface area contributed by atoms with E-state index in [1.165, 1.54) is 6.07 Å². The number of carboxylic acids is 1. The van der Waals surface area contributed by atoms with Crippen LogP contribution >= 0.6 is 23.2 Å². The molecule has 0 atom stereocenters. The molecule has 0 spiro atoms. The fourth-order valence-electron chi connectivity index (χ4n) is 1.60. The minimum atomic E-state index is -4.00. The molecule has 1 aromatic carbocycles. The molecule has 2 aromatic rings. The van der Waals surface area contributed by atoms with Crippen molar-refractivity contribution in [3.63, 3.8) is 0 Å². The van der Waals surface area contributed by atoms with E-state index in [-0.39, 0.29) is 26.3 Å². The van der Waals surface area contributed by atoms with Gasteiger partial charge >= 0.3 is 5.97 Å². The molecule has 1 heterocycles. The van der Waals surface area contributed by atoms with Gasteiger partial charge in [0, 0.05) is 6.20 Å². The van der Waals surface area contributed by atoms with Crippen molar-refractivity contribution in [3.05, 3.63) is 45.7 Å². The predicted octanol–water partition coefficient (Wildman–Crippen LogP) is 3.13. The van der Waals surface area contributed by atoms with Gasteiger partial charge in [-0.15, -0.1) is 0 Å². The molecule has 0 saturated heterocycles. The number of aryl methyl sites for hydroxylation is 1. The zero-order valence-electron chi connectivity index (χ0n) is 10.6. The Hall–Kier alpha value is -1.70. The molecule has 1 aromatic heterocycles. The number of hydrogen-bond donors (Lipinski definition) is 3. The van der Waals surface area contributed by atoms with Gasteiger partial charge in [0.25, 0.3) is 10.0 Å². The SMILES string of the molecule is Cc1ccc(Cl)c(NS(=O)(=O)c2c[nH]c(C(=O)O)c2)c1Cl. The molecule has 2 rings (SSSR count). The summed E-state index contributed by atoms with van der Waals surface area (Å²) in [6.45, 7) is 1.70. The number of sulfonamides is 1. The molecule has 6 nitrogen and oxygen atoms in total. The van der Waals surface area contributed by atoms with Crippen LogP contribution in [0.2, 0.25) is 10.0 Å². The largest absolute Gasteiger partial charge is 0.477 e. The third-order valence-corrected chi connectivity index (χ3v) is 4.85. The van der Waals surface area contributed by atoms with Crippen molar-refractivity contribution in [1.29, 1.82) is 0 Å². The Morgan fingerprint density at radius 3 is 2.57 bits per heavy atom. The number of carbonyl (C=O) groups is 1. The van der Waals surface area contributed by atoms with E-state index in [4.69, 9.17) is 28.3 Å². The molecule has 0 radical (unpaired) electrons. The molecule has 112 valence electrons. The summed E-state index contributed by atoms with van der Waals surface area (Å²) < 4.78 is 26.7. The Labute approximate surface area is 130 Å². The summed E-state index contributed by atoms with van der Waals surface area (Å²) in [6.07, 6.45) is 1.07. The van der Waals surface area contributed by atoms with Gasteiger partial charge in [0.15, 0.2) is 0 Å². The number of anilines is 1. The number of carboxylic acid groups (broad SMARTS) is 1. The van der Waals surface area contributed by atoms with Crippen molar-refractivity contribution in [2.75, 3.05) is 4.72 Å². The van der Waals surface area contributed by atoms with Crippen molar-refractivity contribution in [2.24, 2.45) is 0 Å². The number of aromatic carboxylic acids is 1. The fraction of sp³-hybridized carbons (Fsp3) is 0.0833. The average Bonchev–Trinajstić information content (AvgIpc) is 2.90. The molecule has 0 unspecified atom stereocenters. The first-order chi connectivity index (χ1) is 9.72. The van der Waals surface area contributed by atoms with Gasteiger partial charge < -0.3 is 10.1 Å². The lowest BCUT2D eigenvalue weighted by molar-refractivity contribution is 0.0691. The topological polar surface area (TPSA) is 99.3 Å². The third-order valence-electron chi connectivity index (χ3n) is 2.72. The van der Waals surface area contributed by atoms with Crippen LogP contribution in [0.25, 0.3) is 0 Å². The van der Waals surface area contributed by atoms with Crippen LogP contribution in [0.5, 0.6) is 0 Å². The van der Waals surface area contributed by atoms with Crippen molar-refractivity contribution in [3.8, 4) is 0 Å². The minimum absolute atomic E-state index is 0.0522. The summed E-state index contributed by atoms with van der Waals surface area (Å²) in [5, 5.41) is 9.11. The number of nitrogens with one attached hydrogen (secondary N) is 2. The predicted molar refractivity (Wildman–Crippen MR) is 79.8 cm³/mol. The Morgan fingerprint density at radius 1 is 1.33 bits per heavy atom. The van der Waals surface area contributed by atoms with Crippen LogP contribution < -0.4 is 4.72 Å². The molecule has 9 heteroatoms. The maximum atomic E-state index is 12.2. The van der Waals surface area contributed by atoms with Gasteiger partial charge in [-0.25, -0.2) is 13.2 Å². The normalized spacial score (nSPS) is 11.4. The Bertz CT molecular complexity index is 815. The van der Waals surface area contributed by atoms with Crippen molar-refractivity contribution < 1.29 is 18.3 Å². The zero-order valence-corrected chi connectivity index (χ0v) is 13.0. The average molecular weight is 349 g/mol. The van der Waals surface area contributed by atoms with Crippen molar-refractivity contribution in [1.82, 2.24) is 4.98 Å². The standard InChI is InChI=1S/C12H10Cl2N2O4S/c1-6-2-3-8(13)11(10(6)14)16-21(19,20)7-4-9(12(17)18)15-5-7/h2-5,15-16H,1H3,(H,17,18). The Kier molecular flexibility index (Phi) is 4.18. The van der Waals surface area contributed by atoms with Gasteiger partial charge in [0.1, 0.15) is 10.6 Å². The highest BCUT2D eigenvalue weighted by Crippen LogP contribution is 2.34. The number of hydrogen-bond acceptors (Lipinski definition) is 3. The lowest BCUT2D eigenvalue weighted by Crippen LogP contribution is -2.13. The second-order valence-electron chi connectivity index (χ2n) is 4.21. The summed E-state index contributed by atoms with van der Waals surface area (Å²) in [7, 11) is -4.00. The molecule has 21 heavy (non-hydrogen) atoms. The molecule has 0 aliphatic heterocycles. The van der Waals surface area contributed by atoms with Crippen LogP contribution in [-0.2, 0) is 10.0 Å². The van der Waals surface area contributed by atoms with Gasteiger partial charge in [-0.3, -0.25) is 4.72 Å². The van der Waals surface area contributed by atoms with Crippen LogP contribution in [0.4, 0.5) is 5.69 Å².